The molecule has 0 aliphatic rings. The average molecular weight is 412 g/mol. The van der Waals surface area contributed by atoms with Gasteiger partial charge in [0.1, 0.15) is 6.04 Å². The van der Waals surface area contributed by atoms with Gasteiger partial charge >= 0.3 is 0 Å². The molecule has 0 fully saturated rings. The molecule has 0 saturated heterocycles. The van der Waals surface area contributed by atoms with E-state index in [1.54, 1.807) is 11.3 Å². The fourth-order valence-corrected chi connectivity index (χ4v) is 3.63. The average Bonchev–Trinajstić information content (AvgIpc) is 2.76. The molecular formula is C10H11BrIN3S. The Hall–Kier alpha value is 0.0800. The number of aromatic nitrogens is 2. The lowest BCUT2D eigenvalue weighted by Crippen LogP contribution is -2.29. The topological polar surface area (TPSA) is 43.8 Å². The van der Waals surface area contributed by atoms with Crippen molar-refractivity contribution < 1.29 is 0 Å². The number of nitrogens with zero attached hydrogens (tertiary/aromatic N) is 2. The number of halogens is 2. The molecule has 3 nitrogen and oxygen atoms in total. The van der Waals surface area contributed by atoms with E-state index in [1.807, 2.05) is 30.1 Å². The fourth-order valence-electron chi connectivity index (χ4n) is 1.58. The maximum absolute atomic E-state index is 6.05. The molecule has 0 radical (unpaired) electrons. The van der Waals surface area contributed by atoms with Crippen molar-refractivity contribution >= 4 is 49.9 Å². The fraction of sp³-hybridized carbons (Fsp3) is 0.300. The Kier molecular flexibility index (Phi) is 4.04. The number of hydrogen-bond acceptors (Lipinski definition) is 3. The zero-order valence-electron chi connectivity index (χ0n) is 8.60. The summed E-state index contributed by atoms with van der Waals surface area (Å²) in [5.74, 6) is 0. The van der Waals surface area contributed by atoms with Gasteiger partial charge in [0.25, 0.3) is 0 Å². The minimum Gasteiger partial charge on any atom is -0.326 e. The van der Waals surface area contributed by atoms with Crippen LogP contribution in [0.2, 0.25) is 0 Å². The Labute approximate surface area is 120 Å². The van der Waals surface area contributed by atoms with Crippen molar-refractivity contribution in [3.05, 3.63) is 36.8 Å². The molecule has 2 atom stereocenters. The molecule has 2 rings (SSSR count). The normalized spacial score (nSPS) is 15.0. The van der Waals surface area contributed by atoms with E-state index >= 15 is 0 Å². The molecule has 2 unspecified atom stereocenters. The number of rotatable bonds is 3. The highest BCUT2D eigenvalue weighted by Gasteiger charge is 2.20. The van der Waals surface area contributed by atoms with Gasteiger partial charge in [0.05, 0.1) is 13.6 Å². The lowest BCUT2D eigenvalue weighted by molar-refractivity contribution is 0.460. The van der Waals surface area contributed by atoms with E-state index in [9.17, 15) is 0 Å². The third-order valence-electron chi connectivity index (χ3n) is 2.24. The van der Waals surface area contributed by atoms with Crippen molar-refractivity contribution in [3.8, 4) is 0 Å². The second-order valence-electron chi connectivity index (χ2n) is 3.58. The molecule has 0 amide bonds. The lowest BCUT2D eigenvalue weighted by Gasteiger charge is -2.19. The van der Waals surface area contributed by atoms with Gasteiger partial charge in [-0.25, -0.2) is 0 Å². The van der Waals surface area contributed by atoms with E-state index < -0.39 is 0 Å². The van der Waals surface area contributed by atoms with Gasteiger partial charge in [-0.2, -0.15) is 5.10 Å². The zero-order chi connectivity index (χ0) is 11.7. The van der Waals surface area contributed by atoms with E-state index in [4.69, 9.17) is 5.73 Å². The van der Waals surface area contributed by atoms with E-state index in [0.717, 1.165) is 7.36 Å². The molecule has 2 heterocycles. The summed E-state index contributed by atoms with van der Waals surface area (Å²) in [6, 6.07) is 4.28. The molecule has 0 spiro atoms. The van der Waals surface area contributed by atoms with E-state index in [0.29, 0.717) is 0 Å². The monoisotopic (exact) mass is 411 g/mol. The van der Waals surface area contributed by atoms with Crippen molar-refractivity contribution in [3.63, 3.8) is 0 Å². The summed E-state index contributed by atoms with van der Waals surface area (Å²) in [4.78, 5) is 1.22. The summed E-state index contributed by atoms with van der Waals surface area (Å²) >= 11 is 7.43. The van der Waals surface area contributed by atoms with Crippen molar-refractivity contribution in [1.82, 2.24) is 9.78 Å². The summed E-state index contributed by atoms with van der Waals surface area (Å²) in [7, 11) is 0. The van der Waals surface area contributed by atoms with Crippen LogP contribution in [-0.4, -0.2) is 15.8 Å². The first-order chi connectivity index (χ1) is 7.58. The predicted molar refractivity (Wildman–Crippen MR) is 78.8 cm³/mol. The molecule has 2 aromatic rings. The molecule has 86 valence electrons. The number of hydrogen-bond donors (Lipinski definition) is 1. The predicted octanol–water partition coefficient (Wildman–Crippen LogP) is 3.25. The molecule has 16 heavy (non-hydrogen) atoms. The van der Waals surface area contributed by atoms with Gasteiger partial charge in [0, 0.05) is 17.1 Å². The summed E-state index contributed by atoms with van der Waals surface area (Å²) in [6.45, 7) is 2.01. The Bertz CT molecular complexity index is 440. The Morgan fingerprint density at radius 2 is 2.31 bits per heavy atom. The van der Waals surface area contributed by atoms with Crippen molar-refractivity contribution in [2.24, 2.45) is 5.73 Å². The van der Waals surface area contributed by atoms with Gasteiger partial charge in [0.15, 0.2) is 0 Å². The summed E-state index contributed by atoms with van der Waals surface area (Å²) in [5.41, 5.74) is 6.05. The minimum atomic E-state index is 0.0289. The van der Waals surface area contributed by atoms with Crippen molar-refractivity contribution in [1.29, 1.82) is 0 Å². The Morgan fingerprint density at radius 3 is 2.75 bits per heavy atom. The molecule has 0 bridgehead atoms. The third kappa shape index (κ3) is 2.66. The SMILES string of the molecule is CC(N)C(c1ccc(Br)s1)n1cc(I)cn1. The first kappa shape index (κ1) is 12.5. The quantitative estimate of drug-likeness (QED) is 0.788. The third-order valence-corrected chi connectivity index (χ3v) is 4.49. The molecule has 0 aromatic carbocycles. The second kappa shape index (κ2) is 5.16. The highest BCUT2D eigenvalue weighted by Crippen LogP contribution is 2.31. The van der Waals surface area contributed by atoms with Gasteiger partial charge in [-0.15, -0.1) is 11.3 Å². The van der Waals surface area contributed by atoms with Crippen LogP contribution in [0.3, 0.4) is 0 Å². The van der Waals surface area contributed by atoms with Crippen LogP contribution >= 0.6 is 49.9 Å². The number of nitrogens with two attached hydrogens (primary N) is 1. The van der Waals surface area contributed by atoms with Gasteiger partial charge in [-0.3, -0.25) is 4.68 Å². The number of thiophene rings is 1. The van der Waals surface area contributed by atoms with Gasteiger partial charge < -0.3 is 5.73 Å². The van der Waals surface area contributed by atoms with Gasteiger partial charge in [-0.05, 0) is 57.6 Å². The van der Waals surface area contributed by atoms with Crippen LogP contribution in [0.1, 0.15) is 17.8 Å². The molecule has 0 aliphatic carbocycles. The summed E-state index contributed by atoms with van der Waals surface area (Å²) in [6.07, 6.45) is 3.86. The standard InChI is InChI=1S/C10H11BrIN3S/c1-6(13)10(8-2-3-9(11)16-8)15-5-7(12)4-14-15/h2-6,10H,13H2,1H3. The van der Waals surface area contributed by atoms with Crippen molar-refractivity contribution in [2.75, 3.05) is 0 Å². The zero-order valence-corrected chi connectivity index (χ0v) is 13.2. The maximum atomic E-state index is 6.05. The first-order valence-corrected chi connectivity index (χ1v) is 7.47. The highest BCUT2D eigenvalue weighted by molar-refractivity contribution is 14.1. The first-order valence-electron chi connectivity index (χ1n) is 4.78. The van der Waals surface area contributed by atoms with Crippen LogP contribution in [0.15, 0.2) is 28.3 Å². The highest BCUT2D eigenvalue weighted by atomic mass is 127. The van der Waals surface area contributed by atoms with Crippen LogP contribution in [0.4, 0.5) is 0 Å². The Morgan fingerprint density at radius 1 is 1.56 bits per heavy atom. The Balaban J connectivity index is 2.38. The van der Waals surface area contributed by atoms with Crippen molar-refractivity contribution in [2.45, 2.75) is 19.0 Å². The smallest absolute Gasteiger partial charge is 0.101 e. The van der Waals surface area contributed by atoms with Crippen LogP contribution in [-0.2, 0) is 0 Å². The summed E-state index contributed by atoms with van der Waals surface area (Å²) < 4.78 is 4.18. The minimum absolute atomic E-state index is 0.0289. The van der Waals surface area contributed by atoms with Crippen LogP contribution in [0, 0.1) is 3.57 Å². The van der Waals surface area contributed by atoms with E-state index in [1.165, 1.54) is 4.88 Å². The summed E-state index contributed by atoms with van der Waals surface area (Å²) in [5, 5.41) is 4.34. The molecule has 6 heteroatoms. The molecule has 0 saturated carbocycles. The lowest BCUT2D eigenvalue weighted by atomic mass is 10.1. The largest absolute Gasteiger partial charge is 0.326 e. The molecule has 0 aliphatic heterocycles. The van der Waals surface area contributed by atoms with Crippen LogP contribution in [0.25, 0.3) is 0 Å². The van der Waals surface area contributed by atoms with E-state index in [2.05, 4.69) is 49.7 Å². The molecular weight excluding hydrogens is 401 g/mol. The van der Waals surface area contributed by atoms with E-state index in [-0.39, 0.29) is 12.1 Å². The van der Waals surface area contributed by atoms with Gasteiger partial charge in [-0.1, -0.05) is 0 Å². The second-order valence-corrected chi connectivity index (χ2v) is 7.32. The van der Waals surface area contributed by atoms with Gasteiger partial charge in [0.2, 0.25) is 0 Å². The molecule has 2 aromatic heterocycles. The maximum Gasteiger partial charge on any atom is 0.101 e. The van der Waals surface area contributed by atoms with Crippen LogP contribution in [0.5, 0.6) is 0 Å². The molecule has 2 N–H and O–H groups in total. The van der Waals surface area contributed by atoms with Crippen LogP contribution < -0.4 is 5.73 Å².